The van der Waals surface area contributed by atoms with Crippen LogP contribution in [0, 0.1) is 0 Å². The standard InChI is InChI=1S/C26H26F3NOS.C2H6/c1-3-5-10-19(4-2)23-13-9-18-30(23)25(31)24(32-22-11-7-6-8-12-22)20-14-16-21(17-15-20)26(27,28)29;1-2/h3-8,10-12,14-17,23-24H,2,9,13,18H2,1H3;1-2H3/b5-3-,19-10+;. The molecule has 3 rings (SSSR count). The second-order valence-corrected chi connectivity index (χ2v) is 8.70. The summed E-state index contributed by atoms with van der Waals surface area (Å²) in [4.78, 5) is 16.5. The molecule has 0 bridgehead atoms. The van der Waals surface area contributed by atoms with E-state index in [-0.39, 0.29) is 11.9 Å². The lowest BCUT2D eigenvalue weighted by Crippen LogP contribution is -2.38. The Labute approximate surface area is 205 Å². The van der Waals surface area contributed by atoms with E-state index in [1.807, 2.05) is 74.2 Å². The van der Waals surface area contributed by atoms with E-state index in [4.69, 9.17) is 0 Å². The summed E-state index contributed by atoms with van der Waals surface area (Å²) < 4.78 is 39.2. The molecule has 2 atom stereocenters. The Bertz CT molecular complexity index is 981. The average molecular weight is 488 g/mol. The van der Waals surface area contributed by atoms with Gasteiger partial charge in [0.25, 0.3) is 0 Å². The molecule has 1 heterocycles. The quantitative estimate of drug-likeness (QED) is 0.289. The van der Waals surface area contributed by atoms with E-state index in [2.05, 4.69) is 6.58 Å². The van der Waals surface area contributed by atoms with E-state index in [1.54, 1.807) is 6.08 Å². The van der Waals surface area contributed by atoms with Crippen LogP contribution in [0.15, 0.2) is 95.9 Å². The van der Waals surface area contributed by atoms with Crippen molar-refractivity contribution in [3.63, 3.8) is 0 Å². The Morgan fingerprint density at radius 1 is 1.12 bits per heavy atom. The van der Waals surface area contributed by atoms with Gasteiger partial charge in [0.2, 0.25) is 5.91 Å². The van der Waals surface area contributed by atoms with Crippen molar-refractivity contribution < 1.29 is 18.0 Å². The minimum atomic E-state index is -4.42. The van der Waals surface area contributed by atoms with Gasteiger partial charge in [-0.1, -0.05) is 75.1 Å². The van der Waals surface area contributed by atoms with Gasteiger partial charge in [-0.05, 0) is 55.2 Å². The second kappa shape index (κ2) is 13.2. The highest BCUT2D eigenvalue weighted by molar-refractivity contribution is 8.00. The van der Waals surface area contributed by atoms with Crippen LogP contribution in [-0.4, -0.2) is 23.4 Å². The Morgan fingerprint density at radius 3 is 2.32 bits per heavy atom. The molecule has 2 aromatic rings. The number of hydrogen-bond donors (Lipinski definition) is 0. The highest BCUT2D eigenvalue weighted by atomic mass is 32.2. The number of allylic oxidation sites excluding steroid dienone is 3. The van der Waals surface area contributed by atoms with Crippen molar-refractivity contribution in [3.05, 3.63) is 102 Å². The molecule has 0 aliphatic carbocycles. The minimum Gasteiger partial charge on any atom is -0.334 e. The summed E-state index contributed by atoms with van der Waals surface area (Å²) in [5.41, 5.74) is 0.796. The van der Waals surface area contributed by atoms with Crippen LogP contribution in [0.2, 0.25) is 0 Å². The zero-order chi connectivity index (χ0) is 25.1. The molecule has 0 saturated carbocycles. The first-order valence-electron chi connectivity index (χ1n) is 11.5. The molecular formula is C28H32F3NOS. The third kappa shape index (κ3) is 7.13. The molecule has 1 aliphatic rings. The molecule has 34 heavy (non-hydrogen) atoms. The molecular weight excluding hydrogens is 455 g/mol. The molecule has 0 radical (unpaired) electrons. The SMILES string of the molecule is C=C/C(=C\C=C/C)C1CCCN1C(=O)C(Sc1ccccc1)c1ccc(C(F)(F)F)cc1.CC. The van der Waals surface area contributed by atoms with E-state index in [0.29, 0.717) is 12.1 Å². The van der Waals surface area contributed by atoms with Gasteiger partial charge in [-0.2, -0.15) is 13.2 Å². The maximum atomic E-state index is 13.7. The third-order valence-corrected chi connectivity index (χ3v) is 6.65. The maximum absolute atomic E-state index is 13.7. The number of nitrogens with zero attached hydrogens (tertiary/aromatic N) is 1. The van der Waals surface area contributed by atoms with Crippen LogP contribution in [0.3, 0.4) is 0 Å². The average Bonchev–Trinajstić information content (AvgIpc) is 3.34. The van der Waals surface area contributed by atoms with Crippen molar-refractivity contribution in [1.29, 1.82) is 0 Å². The van der Waals surface area contributed by atoms with Crippen molar-refractivity contribution in [2.24, 2.45) is 0 Å². The van der Waals surface area contributed by atoms with Crippen molar-refractivity contribution in [2.45, 2.75) is 56.0 Å². The summed E-state index contributed by atoms with van der Waals surface area (Å²) in [6, 6.07) is 14.3. The van der Waals surface area contributed by atoms with Gasteiger partial charge in [-0.15, -0.1) is 11.8 Å². The number of carbonyl (C=O) groups excluding carboxylic acids is 1. The summed E-state index contributed by atoms with van der Waals surface area (Å²) >= 11 is 1.36. The zero-order valence-electron chi connectivity index (χ0n) is 19.9. The van der Waals surface area contributed by atoms with Gasteiger partial charge in [-0.3, -0.25) is 4.79 Å². The predicted molar refractivity (Wildman–Crippen MR) is 136 cm³/mol. The van der Waals surface area contributed by atoms with E-state index in [1.165, 1.54) is 23.9 Å². The summed E-state index contributed by atoms with van der Waals surface area (Å²) in [6.45, 7) is 10.4. The maximum Gasteiger partial charge on any atom is 0.416 e. The normalized spacial score (nSPS) is 17.3. The first-order chi connectivity index (χ1) is 16.3. The minimum absolute atomic E-state index is 0.0930. The van der Waals surface area contributed by atoms with E-state index in [9.17, 15) is 18.0 Å². The first-order valence-corrected chi connectivity index (χ1v) is 12.4. The molecule has 182 valence electrons. The van der Waals surface area contributed by atoms with E-state index >= 15 is 0 Å². The number of carbonyl (C=O) groups is 1. The lowest BCUT2D eigenvalue weighted by atomic mass is 10.0. The molecule has 1 aliphatic heterocycles. The second-order valence-electron chi connectivity index (χ2n) is 7.52. The van der Waals surface area contributed by atoms with E-state index in [0.717, 1.165) is 35.4 Å². The van der Waals surface area contributed by atoms with Gasteiger partial charge in [-0.25, -0.2) is 0 Å². The molecule has 1 saturated heterocycles. The van der Waals surface area contributed by atoms with Crippen molar-refractivity contribution in [2.75, 3.05) is 6.54 Å². The molecule has 2 unspecified atom stereocenters. The van der Waals surface area contributed by atoms with Crippen LogP contribution < -0.4 is 0 Å². The number of rotatable bonds is 7. The molecule has 2 aromatic carbocycles. The molecule has 0 spiro atoms. The molecule has 6 heteroatoms. The largest absolute Gasteiger partial charge is 0.416 e. The lowest BCUT2D eigenvalue weighted by Gasteiger charge is -2.30. The fraction of sp³-hybridized carbons (Fsp3) is 0.321. The number of alkyl halides is 3. The summed E-state index contributed by atoms with van der Waals surface area (Å²) in [5, 5.41) is -0.645. The number of likely N-dealkylation sites (tertiary alicyclic amines) is 1. The van der Waals surface area contributed by atoms with Crippen LogP contribution in [0.5, 0.6) is 0 Å². The number of benzene rings is 2. The van der Waals surface area contributed by atoms with Gasteiger partial charge >= 0.3 is 6.18 Å². The fourth-order valence-electron chi connectivity index (χ4n) is 3.79. The molecule has 1 fully saturated rings. The van der Waals surface area contributed by atoms with Gasteiger partial charge in [0, 0.05) is 11.4 Å². The third-order valence-electron chi connectivity index (χ3n) is 5.40. The van der Waals surface area contributed by atoms with Gasteiger partial charge in [0.05, 0.1) is 11.6 Å². The highest BCUT2D eigenvalue weighted by Gasteiger charge is 2.36. The molecule has 0 aromatic heterocycles. The molecule has 0 N–H and O–H groups in total. The van der Waals surface area contributed by atoms with Gasteiger partial charge < -0.3 is 4.90 Å². The number of amides is 1. The summed E-state index contributed by atoms with van der Waals surface area (Å²) in [6.07, 6.45) is 4.85. The van der Waals surface area contributed by atoms with Gasteiger partial charge in [0.1, 0.15) is 5.25 Å². The van der Waals surface area contributed by atoms with Crippen LogP contribution in [0.1, 0.15) is 50.0 Å². The predicted octanol–water partition coefficient (Wildman–Crippen LogP) is 8.24. The van der Waals surface area contributed by atoms with Crippen molar-refractivity contribution in [1.82, 2.24) is 4.90 Å². The Hall–Kier alpha value is -2.73. The Morgan fingerprint density at radius 2 is 1.76 bits per heavy atom. The van der Waals surface area contributed by atoms with Crippen LogP contribution in [0.4, 0.5) is 13.2 Å². The summed E-state index contributed by atoms with van der Waals surface area (Å²) in [5.74, 6) is -0.102. The van der Waals surface area contributed by atoms with Gasteiger partial charge in [0.15, 0.2) is 0 Å². The van der Waals surface area contributed by atoms with Crippen LogP contribution in [0.25, 0.3) is 0 Å². The van der Waals surface area contributed by atoms with Crippen LogP contribution >= 0.6 is 11.8 Å². The zero-order valence-corrected chi connectivity index (χ0v) is 20.7. The van der Waals surface area contributed by atoms with Crippen molar-refractivity contribution >= 4 is 17.7 Å². The highest BCUT2D eigenvalue weighted by Crippen LogP contribution is 2.40. The lowest BCUT2D eigenvalue weighted by molar-refractivity contribution is -0.137. The molecule has 2 nitrogen and oxygen atoms in total. The van der Waals surface area contributed by atoms with Crippen LogP contribution in [-0.2, 0) is 11.0 Å². The molecule has 1 amide bonds. The number of halogens is 3. The Kier molecular flexibility index (Phi) is 10.7. The van der Waals surface area contributed by atoms with E-state index < -0.39 is 17.0 Å². The number of hydrogen-bond acceptors (Lipinski definition) is 2. The van der Waals surface area contributed by atoms with Crippen molar-refractivity contribution in [3.8, 4) is 0 Å². The fourth-order valence-corrected chi connectivity index (χ4v) is 4.91. The first kappa shape index (κ1) is 27.5. The summed E-state index contributed by atoms with van der Waals surface area (Å²) in [7, 11) is 0. The monoisotopic (exact) mass is 487 g/mol. The topological polar surface area (TPSA) is 20.3 Å². The smallest absolute Gasteiger partial charge is 0.334 e. The number of thioether (sulfide) groups is 1. The Balaban J connectivity index is 0.00000199.